The van der Waals surface area contributed by atoms with Gasteiger partial charge < -0.3 is 4.74 Å². The third kappa shape index (κ3) is 3.64. The lowest BCUT2D eigenvalue weighted by atomic mass is 10.3. The number of sulfonamides is 1. The highest BCUT2D eigenvalue weighted by atomic mass is 35.5. The van der Waals surface area contributed by atoms with Crippen LogP contribution in [0.2, 0.25) is 10.0 Å². The van der Waals surface area contributed by atoms with E-state index >= 15 is 0 Å². The van der Waals surface area contributed by atoms with Crippen LogP contribution in [0.5, 0.6) is 11.5 Å². The van der Waals surface area contributed by atoms with Crippen molar-refractivity contribution in [3.8, 4) is 11.5 Å². The summed E-state index contributed by atoms with van der Waals surface area (Å²) in [5.41, 5.74) is -0.471. The normalized spacial score (nSPS) is 15.2. The van der Waals surface area contributed by atoms with Crippen molar-refractivity contribution in [2.45, 2.75) is 17.7 Å². The lowest BCUT2D eigenvalue weighted by Crippen LogP contribution is -2.27. The van der Waals surface area contributed by atoms with E-state index in [1.54, 1.807) is 12.1 Å². The monoisotopic (exact) mass is 416 g/mol. The van der Waals surface area contributed by atoms with Gasteiger partial charge in [0.2, 0.25) is 15.8 Å². The van der Waals surface area contributed by atoms with Crippen molar-refractivity contribution in [2.75, 3.05) is 13.1 Å². The summed E-state index contributed by atoms with van der Waals surface area (Å²) in [4.78, 5) is 10.6. The number of benzene rings is 2. The van der Waals surface area contributed by atoms with Gasteiger partial charge in [-0.15, -0.1) is 0 Å². The Morgan fingerprint density at radius 1 is 1.08 bits per heavy atom. The van der Waals surface area contributed by atoms with Gasteiger partial charge in [-0.1, -0.05) is 29.3 Å². The zero-order chi connectivity index (χ0) is 18.9. The predicted octanol–water partition coefficient (Wildman–Crippen LogP) is 4.48. The first kappa shape index (κ1) is 18.9. The zero-order valence-electron chi connectivity index (χ0n) is 13.4. The molecule has 7 nitrogen and oxygen atoms in total. The van der Waals surface area contributed by atoms with Gasteiger partial charge in [0.1, 0.15) is 10.8 Å². The highest BCUT2D eigenvalue weighted by Crippen LogP contribution is 2.39. The Kier molecular flexibility index (Phi) is 5.38. The Balaban J connectivity index is 2.00. The summed E-state index contributed by atoms with van der Waals surface area (Å²) in [6.07, 6.45) is 1.55. The van der Waals surface area contributed by atoms with Crippen molar-refractivity contribution < 1.29 is 18.1 Å². The van der Waals surface area contributed by atoms with E-state index in [1.165, 1.54) is 22.5 Å². The van der Waals surface area contributed by atoms with E-state index < -0.39 is 20.6 Å². The second-order valence-corrected chi connectivity index (χ2v) is 8.37. The topological polar surface area (TPSA) is 89.8 Å². The fourth-order valence-electron chi connectivity index (χ4n) is 2.65. The fraction of sp³-hybridized carbons (Fsp3) is 0.250. The fourth-order valence-corrected chi connectivity index (χ4v) is 4.51. The summed E-state index contributed by atoms with van der Waals surface area (Å²) in [7, 11) is -3.77. The predicted molar refractivity (Wildman–Crippen MR) is 97.6 cm³/mol. The van der Waals surface area contributed by atoms with E-state index in [0.717, 1.165) is 18.9 Å². The average Bonchev–Trinajstić information content (AvgIpc) is 3.14. The SMILES string of the molecule is O=[N+]([O-])c1cc(S(=O)(=O)N2CCCC2)ccc1Oc1cccc(Cl)c1Cl. The second kappa shape index (κ2) is 7.40. The summed E-state index contributed by atoms with van der Waals surface area (Å²) in [6.45, 7) is 0.818. The van der Waals surface area contributed by atoms with Crippen LogP contribution in [0.3, 0.4) is 0 Å². The van der Waals surface area contributed by atoms with Crippen molar-refractivity contribution >= 4 is 38.9 Å². The lowest BCUT2D eigenvalue weighted by Gasteiger charge is -2.16. The summed E-state index contributed by atoms with van der Waals surface area (Å²) in [6, 6.07) is 8.18. The van der Waals surface area contributed by atoms with Gasteiger partial charge in [0.25, 0.3) is 0 Å². The molecule has 138 valence electrons. The van der Waals surface area contributed by atoms with Crippen LogP contribution in [0.1, 0.15) is 12.8 Å². The molecule has 0 radical (unpaired) electrons. The van der Waals surface area contributed by atoms with E-state index in [0.29, 0.717) is 13.1 Å². The lowest BCUT2D eigenvalue weighted by molar-refractivity contribution is -0.385. The van der Waals surface area contributed by atoms with Gasteiger partial charge in [0.05, 0.1) is 14.8 Å². The molecule has 0 saturated carbocycles. The minimum Gasteiger partial charge on any atom is -0.448 e. The first-order valence-corrected chi connectivity index (χ1v) is 9.91. The van der Waals surface area contributed by atoms with E-state index in [1.807, 2.05) is 0 Å². The van der Waals surface area contributed by atoms with Gasteiger partial charge in [-0.25, -0.2) is 8.42 Å². The Bertz CT molecular complexity index is 959. The summed E-state index contributed by atoms with van der Waals surface area (Å²) >= 11 is 11.9. The standard InChI is InChI=1S/C16H14Cl2N2O5S/c17-12-4-3-5-15(16(12)18)25-14-7-6-11(10-13(14)20(21)22)26(23,24)19-8-1-2-9-19/h3-7,10H,1-2,8-9H2. The van der Waals surface area contributed by atoms with E-state index in [-0.39, 0.29) is 26.4 Å². The highest BCUT2D eigenvalue weighted by molar-refractivity contribution is 7.89. The molecule has 1 heterocycles. The highest BCUT2D eigenvalue weighted by Gasteiger charge is 2.30. The van der Waals surface area contributed by atoms with Crippen molar-refractivity contribution in [3.05, 3.63) is 56.6 Å². The number of nitrogens with zero attached hydrogens (tertiary/aromatic N) is 2. The average molecular weight is 417 g/mol. The first-order valence-electron chi connectivity index (χ1n) is 7.71. The second-order valence-electron chi connectivity index (χ2n) is 5.65. The van der Waals surface area contributed by atoms with Gasteiger partial charge in [-0.2, -0.15) is 4.31 Å². The maximum Gasteiger partial charge on any atom is 0.312 e. The Labute approximate surface area is 160 Å². The van der Waals surface area contributed by atoms with Crippen LogP contribution in [0, 0.1) is 10.1 Å². The summed E-state index contributed by atoms with van der Waals surface area (Å²) < 4.78 is 32.0. The number of nitro groups is 1. The van der Waals surface area contributed by atoms with Crippen molar-refractivity contribution in [2.24, 2.45) is 0 Å². The molecular formula is C16H14Cl2N2O5S. The molecule has 0 aromatic heterocycles. The van der Waals surface area contributed by atoms with Crippen molar-refractivity contribution in [1.82, 2.24) is 4.31 Å². The van der Waals surface area contributed by atoms with Crippen LogP contribution >= 0.6 is 23.2 Å². The van der Waals surface area contributed by atoms with Crippen LogP contribution in [0.15, 0.2) is 41.3 Å². The molecule has 0 aliphatic carbocycles. The summed E-state index contributed by atoms with van der Waals surface area (Å²) in [5, 5.41) is 11.8. The molecule has 0 atom stereocenters. The Hall–Kier alpha value is -1.87. The number of rotatable bonds is 5. The molecule has 2 aromatic rings. The number of halogens is 2. The smallest absolute Gasteiger partial charge is 0.312 e. The number of hydrogen-bond donors (Lipinski definition) is 0. The molecule has 1 aliphatic heterocycles. The molecule has 0 unspecified atom stereocenters. The molecule has 1 fully saturated rings. The van der Waals surface area contributed by atoms with Gasteiger partial charge in [0.15, 0.2) is 0 Å². The van der Waals surface area contributed by atoms with Gasteiger partial charge in [-0.05, 0) is 37.1 Å². The summed E-state index contributed by atoms with van der Waals surface area (Å²) in [5.74, 6) is 0.0111. The molecule has 1 saturated heterocycles. The van der Waals surface area contributed by atoms with Crippen LogP contribution in [-0.4, -0.2) is 30.7 Å². The molecule has 1 aliphatic rings. The Morgan fingerprint density at radius 2 is 1.77 bits per heavy atom. The molecule has 26 heavy (non-hydrogen) atoms. The first-order chi connectivity index (χ1) is 12.3. The van der Waals surface area contributed by atoms with Crippen LogP contribution in [0.25, 0.3) is 0 Å². The zero-order valence-corrected chi connectivity index (χ0v) is 15.7. The number of ether oxygens (including phenoxy) is 1. The third-order valence-corrected chi connectivity index (χ3v) is 6.66. The van der Waals surface area contributed by atoms with Crippen LogP contribution in [-0.2, 0) is 10.0 Å². The molecular weight excluding hydrogens is 403 g/mol. The molecule has 2 aromatic carbocycles. The molecule has 0 spiro atoms. The number of hydrogen-bond acceptors (Lipinski definition) is 5. The molecule has 10 heteroatoms. The Morgan fingerprint density at radius 3 is 2.42 bits per heavy atom. The van der Waals surface area contributed by atoms with Gasteiger partial charge in [0, 0.05) is 19.2 Å². The molecule has 0 N–H and O–H groups in total. The van der Waals surface area contributed by atoms with Crippen LogP contribution < -0.4 is 4.74 Å². The third-order valence-electron chi connectivity index (χ3n) is 3.97. The van der Waals surface area contributed by atoms with Gasteiger partial charge in [-0.3, -0.25) is 10.1 Å². The molecule has 3 rings (SSSR count). The molecule has 0 amide bonds. The van der Waals surface area contributed by atoms with Crippen LogP contribution in [0.4, 0.5) is 5.69 Å². The minimum atomic E-state index is -3.77. The minimum absolute atomic E-state index is 0.109. The maximum atomic E-state index is 12.6. The number of nitro benzene ring substituents is 1. The van der Waals surface area contributed by atoms with Crippen molar-refractivity contribution in [1.29, 1.82) is 0 Å². The van der Waals surface area contributed by atoms with E-state index in [2.05, 4.69) is 0 Å². The quantitative estimate of drug-likeness (QED) is 0.529. The van der Waals surface area contributed by atoms with Crippen molar-refractivity contribution in [3.63, 3.8) is 0 Å². The molecule has 0 bridgehead atoms. The van der Waals surface area contributed by atoms with E-state index in [9.17, 15) is 18.5 Å². The maximum absolute atomic E-state index is 12.6. The van der Waals surface area contributed by atoms with E-state index in [4.69, 9.17) is 27.9 Å². The van der Waals surface area contributed by atoms with Gasteiger partial charge >= 0.3 is 5.69 Å². The largest absolute Gasteiger partial charge is 0.448 e.